The summed E-state index contributed by atoms with van der Waals surface area (Å²) in [5, 5.41) is 14.4. The molecule has 1 aromatic carbocycles. The van der Waals surface area contributed by atoms with Gasteiger partial charge >= 0.3 is 0 Å². The largest absolute Gasteiger partial charge is 0.497 e. The van der Waals surface area contributed by atoms with Crippen LogP contribution in [0.2, 0.25) is 5.02 Å². The third-order valence-corrected chi connectivity index (χ3v) is 2.93. The van der Waals surface area contributed by atoms with Gasteiger partial charge in [-0.3, -0.25) is 4.68 Å². The molecule has 0 saturated carbocycles. The first-order valence-electron chi connectivity index (χ1n) is 6.24. The fourth-order valence-electron chi connectivity index (χ4n) is 1.74. The number of nitrogens with zero attached hydrogens (tertiary/aromatic N) is 2. The molecule has 2 aromatic rings. The van der Waals surface area contributed by atoms with Crippen LogP contribution >= 0.6 is 11.6 Å². The minimum Gasteiger partial charge on any atom is -0.497 e. The molecular weight excluding hydrogens is 280 g/mol. The Morgan fingerprint density at radius 1 is 1.35 bits per heavy atom. The van der Waals surface area contributed by atoms with E-state index in [-0.39, 0.29) is 6.61 Å². The van der Waals surface area contributed by atoms with Crippen molar-refractivity contribution in [2.24, 2.45) is 0 Å². The van der Waals surface area contributed by atoms with E-state index >= 15 is 0 Å². The summed E-state index contributed by atoms with van der Waals surface area (Å²) in [4.78, 5) is 0. The van der Waals surface area contributed by atoms with Crippen molar-refractivity contribution in [2.45, 2.75) is 19.3 Å². The molecule has 1 N–H and O–H groups in total. The zero-order valence-electron chi connectivity index (χ0n) is 11.2. The van der Waals surface area contributed by atoms with Crippen LogP contribution in [0.15, 0.2) is 36.7 Å². The van der Waals surface area contributed by atoms with Crippen LogP contribution in [-0.4, -0.2) is 34.7 Å². The lowest BCUT2D eigenvalue weighted by atomic mass is 10.2. The number of rotatable bonds is 7. The number of hydrogen-bond acceptors (Lipinski definition) is 4. The SMILES string of the molecule is COc1ccc(COCC(O)Cn2cc(Cl)cn2)cc1. The van der Waals surface area contributed by atoms with Gasteiger partial charge in [0.15, 0.2) is 0 Å². The Kier molecular flexibility index (Phi) is 5.40. The van der Waals surface area contributed by atoms with Crippen molar-refractivity contribution in [3.63, 3.8) is 0 Å². The number of ether oxygens (including phenoxy) is 2. The second-order valence-corrected chi connectivity index (χ2v) is 4.83. The molecule has 1 unspecified atom stereocenters. The first-order chi connectivity index (χ1) is 9.67. The van der Waals surface area contributed by atoms with Gasteiger partial charge in [0.2, 0.25) is 0 Å². The fraction of sp³-hybridized carbons (Fsp3) is 0.357. The lowest BCUT2D eigenvalue weighted by Gasteiger charge is -2.11. The predicted molar refractivity (Wildman–Crippen MR) is 75.9 cm³/mol. The van der Waals surface area contributed by atoms with Crippen LogP contribution in [0.3, 0.4) is 0 Å². The topological polar surface area (TPSA) is 56.5 Å². The number of aliphatic hydroxyl groups excluding tert-OH is 1. The van der Waals surface area contributed by atoms with Gasteiger partial charge in [-0.2, -0.15) is 5.10 Å². The number of aromatic nitrogens is 2. The number of hydrogen-bond donors (Lipinski definition) is 1. The van der Waals surface area contributed by atoms with E-state index in [2.05, 4.69) is 5.10 Å². The van der Waals surface area contributed by atoms with E-state index in [1.54, 1.807) is 18.0 Å². The molecule has 0 radical (unpaired) electrons. The molecule has 2 rings (SSSR count). The van der Waals surface area contributed by atoms with E-state index < -0.39 is 6.10 Å². The third kappa shape index (κ3) is 4.52. The van der Waals surface area contributed by atoms with Gasteiger partial charge in [-0.25, -0.2) is 0 Å². The number of methoxy groups -OCH3 is 1. The monoisotopic (exact) mass is 296 g/mol. The molecule has 108 valence electrons. The smallest absolute Gasteiger partial charge is 0.118 e. The molecule has 0 spiro atoms. The van der Waals surface area contributed by atoms with Gasteiger partial charge in [0, 0.05) is 6.20 Å². The van der Waals surface area contributed by atoms with Gasteiger partial charge in [-0.15, -0.1) is 0 Å². The Labute approximate surface area is 122 Å². The van der Waals surface area contributed by atoms with Crippen LogP contribution in [0.5, 0.6) is 5.75 Å². The van der Waals surface area contributed by atoms with E-state index in [1.165, 1.54) is 6.20 Å². The average molecular weight is 297 g/mol. The lowest BCUT2D eigenvalue weighted by Crippen LogP contribution is -2.22. The highest BCUT2D eigenvalue weighted by Gasteiger charge is 2.07. The summed E-state index contributed by atoms with van der Waals surface area (Å²) in [6.45, 7) is 1.04. The maximum Gasteiger partial charge on any atom is 0.118 e. The van der Waals surface area contributed by atoms with Crippen LogP contribution in [0.1, 0.15) is 5.56 Å². The van der Waals surface area contributed by atoms with Gasteiger partial charge in [-0.05, 0) is 17.7 Å². The maximum atomic E-state index is 9.82. The highest BCUT2D eigenvalue weighted by atomic mass is 35.5. The third-order valence-electron chi connectivity index (χ3n) is 2.74. The van der Waals surface area contributed by atoms with Crippen molar-refractivity contribution >= 4 is 11.6 Å². The van der Waals surface area contributed by atoms with E-state index in [4.69, 9.17) is 21.1 Å². The Balaban J connectivity index is 1.71. The maximum absolute atomic E-state index is 9.82. The summed E-state index contributed by atoms with van der Waals surface area (Å²) >= 11 is 5.75. The molecule has 1 atom stereocenters. The highest BCUT2D eigenvalue weighted by Crippen LogP contribution is 2.12. The van der Waals surface area contributed by atoms with E-state index in [0.717, 1.165) is 11.3 Å². The molecule has 0 bridgehead atoms. The summed E-state index contributed by atoms with van der Waals surface area (Å²) in [7, 11) is 1.63. The minimum absolute atomic E-state index is 0.240. The number of halogens is 1. The molecule has 0 aliphatic carbocycles. The summed E-state index contributed by atoms with van der Waals surface area (Å²) in [5.41, 5.74) is 1.03. The summed E-state index contributed by atoms with van der Waals surface area (Å²) < 4.78 is 12.1. The average Bonchev–Trinajstić information content (AvgIpc) is 2.85. The summed E-state index contributed by atoms with van der Waals surface area (Å²) in [6, 6.07) is 7.61. The minimum atomic E-state index is -0.621. The molecule has 20 heavy (non-hydrogen) atoms. The Hall–Kier alpha value is -1.56. The van der Waals surface area contributed by atoms with Gasteiger partial charge in [-0.1, -0.05) is 23.7 Å². The van der Waals surface area contributed by atoms with Crippen LogP contribution in [-0.2, 0) is 17.9 Å². The molecule has 1 heterocycles. The fourth-order valence-corrected chi connectivity index (χ4v) is 1.90. The van der Waals surface area contributed by atoms with Crippen molar-refractivity contribution in [1.29, 1.82) is 0 Å². The molecule has 0 saturated heterocycles. The molecule has 0 fully saturated rings. The normalized spacial score (nSPS) is 12.3. The van der Waals surface area contributed by atoms with Crippen molar-refractivity contribution < 1.29 is 14.6 Å². The Morgan fingerprint density at radius 3 is 2.70 bits per heavy atom. The Morgan fingerprint density at radius 2 is 2.10 bits per heavy atom. The van der Waals surface area contributed by atoms with Gasteiger partial charge in [0.05, 0.1) is 44.2 Å². The van der Waals surface area contributed by atoms with Crippen LogP contribution in [0, 0.1) is 0 Å². The first-order valence-corrected chi connectivity index (χ1v) is 6.62. The second-order valence-electron chi connectivity index (χ2n) is 4.40. The highest BCUT2D eigenvalue weighted by molar-refractivity contribution is 6.30. The predicted octanol–water partition coefficient (Wildman–Crippen LogP) is 2.12. The van der Waals surface area contributed by atoms with Crippen molar-refractivity contribution in [2.75, 3.05) is 13.7 Å². The second kappa shape index (κ2) is 7.28. The molecular formula is C14H17ClN2O3. The van der Waals surface area contributed by atoms with Crippen molar-refractivity contribution in [3.8, 4) is 5.75 Å². The summed E-state index contributed by atoms with van der Waals surface area (Å²) in [6.07, 6.45) is 2.57. The van der Waals surface area contributed by atoms with E-state index in [1.807, 2.05) is 24.3 Å². The quantitative estimate of drug-likeness (QED) is 0.850. The van der Waals surface area contributed by atoms with E-state index in [0.29, 0.717) is 18.2 Å². The van der Waals surface area contributed by atoms with Crippen molar-refractivity contribution in [1.82, 2.24) is 9.78 Å². The number of aliphatic hydroxyl groups is 1. The molecule has 6 heteroatoms. The zero-order valence-corrected chi connectivity index (χ0v) is 12.0. The first kappa shape index (κ1) is 14.8. The summed E-state index contributed by atoms with van der Waals surface area (Å²) in [5.74, 6) is 0.810. The van der Waals surface area contributed by atoms with E-state index in [9.17, 15) is 5.11 Å². The molecule has 1 aromatic heterocycles. The van der Waals surface area contributed by atoms with Crippen LogP contribution < -0.4 is 4.74 Å². The standard InChI is InChI=1S/C14H17ClN2O3/c1-19-14-4-2-11(3-5-14)9-20-10-13(18)8-17-7-12(15)6-16-17/h2-7,13,18H,8-10H2,1H3. The zero-order chi connectivity index (χ0) is 14.4. The lowest BCUT2D eigenvalue weighted by molar-refractivity contribution is 0.0187. The number of benzene rings is 1. The van der Waals surface area contributed by atoms with Gasteiger partial charge < -0.3 is 14.6 Å². The van der Waals surface area contributed by atoms with Gasteiger partial charge in [0.1, 0.15) is 5.75 Å². The molecule has 0 aliphatic rings. The van der Waals surface area contributed by atoms with Crippen LogP contribution in [0.4, 0.5) is 0 Å². The molecule has 5 nitrogen and oxygen atoms in total. The molecule has 0 amide bonds. The van der Waals surface area contributed by atoms with Gasteiger partial charge in [0.25, 0.3) is 0 Å². The van der Waals surface area contributed by atoms with Crippen molar-refractivity contribution in [3.05, 3.63) is 47.2 Å². The molecule has 0 aliphatic heterocycles. The Bertz CT molecular complexity index is 527. The van der Waals surface area contributed by atoms with Crippen LogP contribution in [0.25, 0.3) is 0 Å².